The minimum atomic E-state index is -0.598. The first kappa shape index (κ1) is 14.7. The number of oxazole rings is 1. The monoisotopic (exact) mass is 311 g/mol. The SMILES string of the molecule is COC(=O)c1cccc(C(=O)Nc2ccc3oc(C)nc3c2)n1. The van der Waals surface area contributed by atoms with Gasteiger partial charge in [-0.3, -0.25) is 4.79 Å². The van der Waals surface area contributed by atoms with Crippen LogP contribution in [0.15, 0.2) is 40.8 Å². The summed E-state index contributed by atoms with van der Waals surface area (Å²) in [6.07, 6.45) is 0. The second-order valence-electron chi connectivity index (χ2n) is 4.77. The van der Waals surface area contributed by atoms with Crippen LogP contribution in [0.4, 0.5) is 5.69 Å². The van der Waals surface area contributed by atoms with E-state index >= 15 is 0 Å². The van der Waals surface area contributed by atoms with Gasteiger partial charge in [0.25, 0.3) is 5.91 Å². The number of carbonyl (C=O) groups is 2. The van der Waals surface area contributed by atoms with Gasteiger partial charge >= 0.3 is 5.97 Å². The molecule has 1 N–H and O–H groups in total. The molecule has 23 heavy (non-hydrogen) atoms. The number of methoxy groups -OCH3 is 1. The fourth-order valence-corrected chi connectivity index (χ4v) is 2.09. The van der Waals surface area contributed by atoms with Crippen molar-refractivity contribution in [1.82, 2.24) is 9.97 Å². The lowest BCUT2D eigenvalue weighted by atomic mass is 10.2. The number of rotatable bonds is 3. The van der Waals surface area contributed by atoms with Crippen LogP contribution in [0.3, 0.4) is 0 Å². The number of carbonyl (C=O) groups excluding carboxylic acids is 2. The molecule has 116 valence electrons. The van der Waals surface area contributed by atoms with Gasteiger partial charge in [-0.1, -0.05) is 6.07 Å². The van der Waals surface area contributed by atoms with Crippen LogP contribution < -0.4 is 5.32 Å². The van der Waals surface area contributed by atoms with Crippen LogP contribution in [0.1, 0.15) is 26.9 Å². The molecule has 0 saturated heterocycles. The molecule has 0 unspecified atom stereocenters. The maximum absolute atomic E-state index is 12.2. The third kappa shape index (κ3) is 3.03. The normalized spacial score (nSPS) is 10.5. The number of nitrogens with one attached hydrogen (secondary N) is 1. The highest BCUT2D eigenvalue weighted by atomic mass is 16.5. The number of hydrogen-bond donors (Lipinski definition) is 1. The lowest BCUT2D eigenvalue weighted by molar-refractivity contribution is 0.0594. The van der Waals surface area contributed by atoms with Gasteiger partial charge in [0, 0.05) is 12.6 Å². The molecule has 0 fully saturated rings. The topological polar surface area (TPSA) is 94.3 Å². The van der Waals surface area contributed by atoms with E-state index < -0.39 is 11.9 Å². The number of ether oxygens (including phenoxy) is 1. The number of benzene rings is 1. The number of amides is 1. The molecule has 3 rings (SSSR count). The minimum absolute atomic E-state index is 0.0720. The van der Waals surface area contributed by atoms with Crippen molar-refractivity contribution in [2.45, 2.75) is 6.92 Å². The molecule has 2 aromatic heterocycles. The molecule has 2 heterocycles. The number of esters is 1. The Morgan fingerprint density at radius 1 is 1.13 bits per heavy atom. The number of fused-ring (bicyclic) bond motifs is 1. The summed E-state index contributed by atoms with van der Waals surface area (Å²) in [6.45, 7) is 1.75. The average Bonchev–Trinajstić information content (AvgIpc) is 2.93. The van der Waals surface area contributed by atoms with Crippen LogP contribution in [0.2, 0.25) is 0 Å². The van der Waals surface area contributed by atoms with Gasteiger partial charge in [-0.05, 0) is 30.3 Å². The summed E-state index contributed by atoms with van der Waals surface area (Å²) in [6, 6.07) is 9.69. The summed E-state index contributed by atoms with van der Waals surface area (Å²) >= 11 is 0. The van der Waals surface area contributed by atoms with Crippen molar-refractivity contribution >= 4 is 28.7 Å². The Bertz CT molecular complexity index is 901. The first-order chi connectivity index (χ1) is 11.1. The zero-order valence-electron chi connectivity index (χ0n) is 12.5. The number of aryl methyl sites for hydroxylation is 1. The maximum Gasteiger partial charge on any atom is 0.356 e. The largest absolute Gasteiger partial charge is 0.464 e. The molecule has 3 aromatic rings. The molecule has 0 saturated carbocycles. The number of pyridine rings is 1. The quantitative estimate of drug-likeness (QED) is 0.747. The smallest absolute Gasteiger partial charge is 0.356 e. The van der Waals surface area contributed by atoms with Crippen molar-refractivity contribution in [1.29, 1.82) is 0 Å². The van der Waals surface area contributed by atoms with E-state index in [9.17, 15) is 9.59 Å². The van der Waals surface area contributed by atoms with Crippen LogP contribution in [0.5, 0.6) is 0 Å². The summed E-state index contributed by atoms with van der Waals surface area (Å²) in [5.41, 5.74) is 2.04. The number of anilines is 1. The lowest BCUT2D eigenvalue weighted by Crippen LogP contribution is -2.15. The van der Waals surface area contributed by atoms with Crippen LogP contribution in [0, 0.1) is 6.92 Å². The van der Waals surface area contributed by atoms with E-state index in [0.717, 1.165) is 0 Å². The highest BCUT2D eigenvalue weighted by Gasteiger charge is 2.13. The van der Waals surface area contributed by atoms with Gasteiger partial charge in [0.1, 0.15) is 16.9 Å². The average molecular weight is 311 g/mol. The molecule has 0 aliphatic rings. The second kappa shape index (κ2) is 5.88. The first-order valence-corrected chi connectivity index (χ1v) is 6.81. The van der Waals surface area contributed by atoms with E-state index in [0.29, 0.717) is 22.7 Å². The Hall–Kier alpha value is -3.22. The van der Waals surface area contributed by atoms with E-state index in [-0.39, 0.29) is 11.4 Å². The summed E-state index contributed by atoms with van der Waals surface area (Å²) in [5, 5.41) is 2.71. The van der Waals surface area contributed by atoms with E-state index in [4.69, 9.17) is 4.42 Å². The molecule has 7 nitrogen and oxygen atoms in total. The summed E-state index contributed by atoms with van der Waals surface area (Å²) in [5.74, 6) is -0.481. The molecule has 0 atom stereocenters. The van der Waals surface area contributed by atoms with Gasteiger partial charge in [-0.15, -0.1) is 0 Å². The highest BCUT2D eigenvalue weighted by Crippen LogP contribution is 2.20. The predicted molar refractivity (Wildman–Crippen MR) is 82.3 cm³/mol. The van der Waals surface area contributed by atoms with Crippen molar-refractivity contribution in [3.8, 4) is 0 Å². The molecule has 0 bridgehead atoms. The third-order valence-corrected chi connectivity index (χ3v) is 3.13. The van der Waals surface area contributed by atoms with Crippen LogP contribution in [-0.2, 0) is 4.74 Å². The zero-order valence-corrected chi connectivity index (χ0v) is 12.5. The maximum atomic E-state index is 12.2. The second-order valence-corrected chi connectivity index (χ2v) is 4.77. The van der Waals surface area contributed by atoms with Crippen LogP contribution in [-0.4, -0.2) is 29.0 Å². The van der Waals surface area contributed by atoms with E-state index in [2.05, 4.69) is 20.0 Å². The molecule has 0 radical (unpaired) electrons. The molecule has 7 heteroatoms. The summed E-state index contributed by atoms with van der Waals surface area (Å²) < 4.78 is 9.97. The van der Waals surface area contributed by atoms with Gasteiger partial charge in [0.05, 0.1) is 7.11 Å². The zero-order chi connectivity index (χ0) is 16.4. The van der Waals surface area contributed by atoms with Gasteiger partial charge in [-0.2, -0.15) is 0 Å². The van der Waals surface area contributed by atoms with Gasteiger partial charge in [0.15, 0.2) is 11.5 Å². The number of nitrogens with zero attached hydrogens (tertiary/aromatic N) is 2. The van der Waals surface area contributed by atoms with Crippen LogP contribution >= 0.6 is 0 Å². The van der Waals surface area contributed by atoms with E-state index in [1.165, 1.54) is 19.2 Å². The molecule has 1 aromatic carbocycles. The fourth-order valence-electron chi connectivity index (χ4n) is 2.09. The van der Waals surface area contributed by atoms with Crippen molar-refractivity contribution in [2.75, 3.05) is 12.4 Å². The summed E-state index contributed by atoms with van der Waals surface area (Å²) in [7, 11) is 1.26. The minimum Gasteiger partial charge on any atom is -0.464 e. The van der Waals surface area contributed by atoms with E-state index in [1.54, 1.807) is 31.2 Å². The Balaban J connectivity index is 1.83. The number of hydrogen-bond acceptors (Lipinski definition) is 6. The van der Waals surface area contributed by atoms with Crippen molar-refractivity contribution in [3.63, 3.8) is 0 Å². The Labute approximate surface area is 131 Å². The first-order valence-electron chi connectivity index (χ1n) is 6.81. The fraction of sp³-hybridized carbons (Fsp3) is 0.125. The van der Waals surface area contributed by atoms with Gasteiger partial charge < -0.3 is 14.5 Å². The Morgan fingerprint density at radius 3 is 2.70 bits per heavy atom. The standard InChI is InChI=1S/C16H13N3O4/c1-9-17-13-8-10(6-7-14(13)23-9)18-15(20)11-4-3-5-12(19-11)16(21)22-2/h3-8H,1-2H3,(H,18,20). The third-order valence-electron chi connectivity index (χ3n) is 3.13. The predicted octanol–water partition coefficient (Wildman–Crippen LogP) is 2.57. The molecule has 0 spiro atoms. The van der Waals surface area contributed by atoms with Gasteiger partial charge in [-0.25, -0.2) is 14.8 Å². The molecule has 0 aliphatic carbocycles. The lowest BCUT2D eigenvalue weighted by Gasteiger charge is -2.05. The highest BCUT2D eigenvalue weighted by molar-refractivity contribution is 6.04. The van der Waals surface area contributed by atoms with Crippen molar-refractivity contribution in [3.05, 3.63) is 53.7 Å². The summed E-state index contributed by atoms with van der Waals surface area (Å²) in [4.78, 5) is 31.9. The Kier molecular flexibility index (Phi) is 3.76. The molecule has 0 aliphatic heterocycles. The molecule has 1 amide bonds. The molecular formula is C16H13N3O4. The van der Waals surface area contributed by atoms with Crippen molar-refractivity contribution < 1.29 is 18.7 Å². The molecular weight excluding hydrogens is 298 g/mol. The number of aromatic nitrogens is 2. The van der Waals surface area contributed by atoms with Gasteiger partial charge in [0.2, 0.25) is 0 Å². The Morgan fingerprint density at radius 2 is 1.91 bits per heavy atom. The van der Waals surface area contributed by atoms with Crippen LogP contribution in [0.25, 0.3) is 11.1 Å². The van der Waals surface area contributed by atoms with E-state index in [1.807, 2.05) is 0 Å². The van der Waals surface area contributed by atoms with Crippen molar-refractivity contribution in [2.24, 2.45) is 0 Å².